The third kappa shape index (κ3) is 2.05. The van der Waals surface area contributed by atoms with Gasteiger partial charge in [-0.15, -0.1) is 0 Å². The van der Waals surface area contributed by atoms with Gasteiger partial charge in [0.25, 0.3) is 0 Å². The lowest BCUT2D eigenvalue weighted by Crippen LogP contribution is -2.42. The molecular weight excluding hydrogens is 200 g/mol. The second-order valence-electron chi connectivity index (χ2n) is 6.32. The van der Waals surface area contributed by atoms with Crippen LogP contribution >= 0.6 is 0 Å². The van der Waals surface area contributed by atoms with Crippen molar-refractivity contribution in [1.82, 2.24) is 0 Å². The summed E-state index contributed by atoms with van der Waals surface area (Å²) in [6.07, 6.45) is 8.29. The Kier molecular flexibility index (Phi) is 2.92. The van der Waals surface area contributed by atoms with Crippen LogP contribution in [0.5, 0.6) is 0 Å². The highest BCUT2D eigenvalue weighted by Gasteiger charge is 2.52. The molecule has 92 valence electrons. The van der Waals surface area contributed by atoms with E-state index in [9.17, 15) is 10.2 Å². The van der Waals surface area contributed by atoms with Gasteiger partial charge in [-0.2, -0.15) is 0 Å². The lowest BCUT2D eigenvalue weighted by atomic mass is 9.73. The molecule has 2 aliphatic carbocycles. The molecule has 2 heteroatoms. The van der Waals surface area contributed by atoms with Crippen LogP contribution in [0.2, 0.25) is 0 Å². The molecule has 0 aliphatic heterocycles. The van der Waals surface area contributed by atoms with Crippen LogP contribution in [0.3, 0.4) is 0 Å². The van der Waals surface area contributed by atoms with Crippen LogP contribution in [0.25, 0.3) is 0 Å². The second-order valence-corrected chi connectivity index (χ2v) is 6.32. The maximum atomic E-state index is 10.8. The minimum atomic E-state index is -0.824. The van der Waals surface area contributed by atoms with E-state index in [4.69, 9.17) is 0 Å². The van der Waals surface area contributed by atoms with Gasteiger partial charge in [0, 0.05) is 0 Å². The molecule has 0 spiro atoms. The van der Waals surface area contributed by atoms with E-state index in [1.54, 1.807) is 19.9 Å². The van der Waals surface area contributed by atoms with Gasteiger partial charge in [-0.3, -0.25) is 0 Å². The summed E-state index contributed by atoms with van der Waals surface area (Å²) in [5, 5.41) is 20.5. The summed E-state index contributed by atoms with van der Waals surface area (Å²) in [7, 11) is 0. The second kappa shape index (κ2) is 3.85. The van der Waals surface area contributed by atoms with Gasteiger partial charge in [0.15, 0.2) is 0 Å². The van der Waals surface area contributed by atoms with Crippen LogP contribution in [0.1, 0.15) is 46.5 Å². The highest BCUT2D eigenvalue weighted by atomic mass is 16.3. The fourth-order valence-electron chi connectivity index (χ4n) is 3.61. The minimum absolute atomic E-state index is 0.393. The molecule has 16 heavy (non-hydrogen) atoms. The smallest absolute Gasteiger partial charge is 0.0887 e. The van der Waals surface area contributed by atoms with Crippen LogP contribution in [-0.2, 0) is 0 Å². The molecule has 0 radical (unpaired) electrons. The Bertz CT molecular complexity index is 290. The fourth-order valence-corrected chi connectivity index (χ4v) is 3.61. The summed E-state index contributed by atoms with van der Waals surface area (Å²) in [4.78, 5) is 0. The molecule has 0 heterocycles. The van der Waals surface area contributed by atoms with Gasteiger partial charge in [0.2, 0.25) is 0 Å². The zero-order chi connectivity index (χ0) is 12.0. The Labute approximate surface area is 98.4 Å². The molecular formula is C14H24O2. The van der Waals surface area contributed by atoms with E-state index < -0.39 is 11.2 Å². The molecule has 2 aliphatic rings. The fraction of sp³-hybridized carbons (Fsp3) is 0.857. The van der Waals surface area contributed by atoms with Crippen LogP contribution in [0, 0.1) is 17.8 Å². The molecule has 2 bridgehead atoms. The van der Waals surface area contributed by atoms with Gasteiger partial charge < -0.3 is 10.2 Å². The topological polar surface area (TPSA) is 40.5 Å². The van der Waals surface area contributed by atoms with Crippen LogP contribution in [0.4, 0.5) is 0 Å². The molecule has 0 aromatic carbocycles. The first kappa shape index (κ1) is 12.1. The quantitative estimate of drug-likeness (QED) is 0.708. The first-order valence-electron chi connectivity index (χ1n) is 6.48. The Morgan fingerprint density at radius 1 is 1.31 bits per heavy atom. The van der Waals surface area contributed by atoms with Crippen LogP contribution < -0.4 is 0 Å². The Morgan fingerprint density at radius 2 is 2.00 bits per heavy atom. The highest BCUT2D eigenvalue weighted by Crippen LogP contribution is 2.53. The monoisotopic (exact) mass is 224 g/mol. The molecule has 1 unspecified atom stereocenters. The standard InChI is InChI=1S/C14H24O2/c1-10-9-11-5-4-6-12(10)14(11,16)8-7-13(2,3)15/h7-8,10-12,15-16H,4-6,9H2,1-3H3/b8-7-/t10-,11?,12+,14+/m0/s1. The Morgan fingerprint density at radius 3 is 2.56 bits per heavy atom. The summed E-state index contributed by atoms with van der Waals surface area (Å²) < 4.78 is 0. The normalized spacial score (nSPS) is 44.2. The van der Waals surface area contributed by atoms with E-state index in [1.165, 1.54) is 6.42 Å². The SMILES string of the molecule is C[C@H]1CC2CCC[C@H]1[C@@]2(O)/C=C\C(C)(C)O. The van der Waals surface area contributed by atoms with Crippen molar-refractivity contribution in [2.75, 3.05) is 0 Å². The first-order valence-corrected chi connectivity index (χ1v) is 6.48. The van der Waals surface area contributed by atoms with E-state index in [0.717, 1.165) is 19.3 Å². The van der Waals surface area contributed by atoms with E-state index in [1.807, 2.05) is 6.08 Å². The van der Waals surface area contributed by atoms with Crippen molar-refractivity contribution in [1.29, 1.82) is 0 Å². The van der Waals surface area contributed by atoms with Crippen molar-refractivity contribution >= 4 is 0 Å². The molecule has 0 aromatic heterocycles. The van der Waals surface area contributed by atoms with Crippen LogP contribution in [0.15, 0.2) is 12.2 Å². The average Bonchev–Trinajstić information content (AvgIpc) is 2.36. The minimum Gasteiger partial charge on any atom is -0.386 e. The van der Waals surface area contributed by atoms with Gasteiger partial charge in [-0.1, -0.05) is 25.5 Å². The van der Waals surface area contributed by atoms with E-state index in [0.29, 0.717) is 17.8 Å². The van der Waals surface area contributed by atoms with Crippen molar-refractivity contribution in [2.24, 2.45) is 17.8 Å². The zero-order valence-corrected chi connectivity index (χ0v) is 10.6. The van der Waals surface area contributed by atoms with E-state index >= 15 is 0 Å². The number of rotatable bonds is 2. The predicted octanol–water partition coefficient (Wildman–Crippen LogP) is 2.50. The van der Waals surface area contributed by atoms with Crippen molar-refractivity contribution < 1.29 is 10.2 Å². The van der Waals surface area contributed by atoms with Crippen LogP contribution in [-0.4, -0.2) is 21.4 Å². The molecule has 0 aromatic rings. The molecule has 0 saturated heterocycles. The third-order valence-corrected chi connectivity index (χ3v) is 4.42. The summed E-state index contributed by atoms with van der Waals surface area (Å²) in [5.74, 6) is 1.41. The largest absolute Gasteiger partial charge is 0.386 e. The Balaban J connectivity index is 2.21. The lowest BCUT2D eigenvalue weighted by Gasteiger charge is -2.38. The van der Waals surface area contributed by atoms with Crippen molar-refractivity contribution in [3.05, 3.63) is 12.2 Å². The summed E-state index contributed by atoms with van der Waals surface area (Å²) in [6, 6.07) is 0. The molecule has 2 fully saturated rings. The zero-order valence-electron chi connectivity index (χ0n) is 10.6. The van der Waals surface area contributed by atoms with Crippen molar-refractivity contribution in [2.45, 2.75) is 57.7 Å². The highest BCUT2D eigenvalue weighted by molar-refractivity contribution is 5.17. The first-order chi connectivity index (χ1) is 7.33. The Hall–Kier alpha value is -0.340. The van der Waals surface area contributed by atoms with Gasteiger partial charge in [-0.05, 0) is 50.9 Å². The number of hydrogen-bond acceptors (Lipinski definition) is 2. The molecule has 2 saturated carbocycles. The molecule has 0 amide bonds. The molecule has 2 nitrogen and oxygen atoms in total. The summed E-state index contributed by atoms with van der Waals surface area (Å²) in [5.41, 5.74) is -1.48. The summed E-state index contributed by atoms with van der Waals surface area (Å²) >= 11 is 0. The van der Waals surface area contributed by atoms with Gasteiger partial charge in [-0.25, -0.2) is 0 Å². The van der Waals surface area contributed by atoms with Gasteiger partial charge >= 0.3 is 0 Å². The van der Waals surface area contributed by atoms with E-state index in [2.05, 4.69) is 6.92 Å². The maximum Gasteiger partial charge on any atom is 0.0887 e. The molecule has 4 atom stereocenters. The number of aliphatic hydroxyl groups is 2. The maximum absolute atomic E-state index is 10.8. The van der Waals surface area contributed by atoms with Crippen molar-refractivity contribution in [3.8, 4) is 0 Å². The number of hydrogen-bond donors (Lipinski definition) is 2. The summed E-state index contributed by atoms with van der Waals surface area (Å²) in [6.45, 7) is 5.75. The lowest BCUT2D eigenvalue weighted by molar-refractivity contribution is -0.0226. The van der Waals surface area contributed by atoms with Gasteiger partial charge in [0.1, 0.15) is 0 Å². The predicted molar refractivity (Wildman–Crippen MR) is 65.0 cm³/mol. The average molecular weight is 224 g/mol. The molecule has 2 N–H and O–H groups in total. The molecule has 2 rings (SSSR count). The van der Waals surface area contributed by atoms with E-state index in [-0.39, 0.29) is 0 Å². The number of fused-ring (bicyclic) bond motifs is 2. The van der Waals surface area contributed by atoms with Crippen molar-refractivity contribution in [3.63, 3.8) is 0 Å². The van der Waals surface area contributed by atoms with Gasteiger partial charge in [0.05, 0.1) is 11.2 Å². The third-order valence-electron chi connectivity index (χ3n) is 4.42.